The smallest absolute Gasteiger partial charge is 0.261 e. The highest BCUT2D eigenvalue weighted by Gasteiger charge is 2.37. The van der Waals surface area contributed by atoms with Gasteiger partial charge in [0.05, 0.1) is 11.3 Å². The number of rotatable bonds is 0. The monoisotopic (exact) mass is 241 g/mol. The molecule has 1 heterocycles. The van der Waals surface area contributed by atoms with Crippen LogP contribution in [0, 0.1) is 0 Å². The molecule has 1 nitrogen and oxygen atoms in total. The number of benzene rings is 1. The fourth-order valence-corrected chi connectivity index (χ4v) is 2.01. The van der Waals surface area contributed by atoms with E-state index >= 15 is 0 Å². The summed E-state index contributed by atoms with van der Waals surface area (Å²) < 4.78 is 39.0. The van der Waals surface area contributed by atoms with Gasteiger partial charge in [0.15, 0.2) is 0 Å². The van der Waals surface area contributed by atoms with Crippen LogP contribution in [0.3, 0.4) is 0 Å². The Morgan fingerprint density at radius 3 is 2.24 bits per heavy atom. The van der Waals surface area contributed by atoms with Crippen LogP contribution in [0.25, 0.3) is 0 Å². The van der Waals surface area contributed by atoms with Crippen LogP contribution in [0.15, 0.2) is 17.1 Å². The molecular weight excluding hydrogens is 227 g/mol. The van der Waals surface area contributed by atoms with Crippen LogP contribution in [0.1, 0.15) is 37.5 Å². The first-order valence-corrected chi connectivity index (χ1v) is 5.47. The topological polar surface area (TPSA) is 12.4 Å². The molecule has 4 heteroatoms. The minimum atomic E-state index is -4.31. The van der Waals surface area contributed by atoms with Gasteiger partial charge in [-0.15, -0.1) is 0 Å². The molecule has 0 aliphatic carbocycles. The molecule has 0 amide bonds. The van der Waals surface area contributed by atoms with Crippen molar-refractivity contribution in [3.8, 4) is 0 Å². The van der Waals surface area contributed by atoms with Gasteiger partial charge in [-0.25, -0.2) is 0 Å². The molecule has 17 heavy (non-hydrogen) atoms. The van der Waals surface area contributed by atoms with Crippen molar-refractivity contribution in [1.82, 2.24) is 0 Å². The lowest BCUT2D eigenvalue weighted by atomic mass is 9.82. The Morgan fingerprint density at radius 1 is 1.06 bits per heavy atom. The third-order valence-corrected chi connectivity index (χ3v) is 2.87. The Labute approximate surface area is 98.4 Å². The molecule has 0 radical (unpaired) electrons. The first-order chi connectivity index (χ1) is 7.69. The van der Waals surface area contributed by atoms with E-state index in [2.05, 4.69) is 4.99 Å². The molecule has 92 valence electrons. The van der Waals surface area contributed by atoms with Crippen molar-refractivity contribution in [3.63, 3.8) is 0 Å². The van der Waals surface area contributed by atoms with Crippen molar-refractivity contribution < 1.29 is 13.2 Å². The predicted molar refractivity (Wildman–Crippen MR) is 62.0 cm³/mol. The minimum Gasteiger partial charge on any atom is -0.261 e. The molecule has 1 aliphatic heterocycles. The van der Waals surface area contributed by atoms with Crippen molar-refractivity contribution in [2.24, 2.45) is 4.99 Å². The lowest BCUT2D eigenvalue weighted by Gasteiger charge is -2.25. The SMILES string of the molecule is CC(C)(C)c1cc2c(cc1C(F)(F)F)CC=N2. The van der Waals surface area contributed by atoms with Crippen LogP contribution >= 0.6 is 0 Å². The van der Waals surface area contributed by atoms with E-state index in [4.69, 9.17) is 0 Å². The lowest BCUT2D eigenvalue weighted by molar-refractivity contribution is -0.138. The summed E-state index contributed by atoms with van der Waals surface area (Å²) in [5.74, 6) is 0. The Morgan fingerprint density at radius 2 is 1.71 bits per heavy atom. The molecule has 0 spiro atoms. The first-order valence-electron chi connectivity index (χ1n) is 5.47. The fourth-order valence-electron chi connectivity index (χ4n) is 2.01. The van der Waals surface area contributed by atoms with E-state index < -0.39 is 17.2 Å². The largest absolute Gasteiger partial charge is 0.416 e. The van der Waals surface area contributed by atoms with Gasteiger partial charge >= 0.3 is 6.18 Å². The van der Waals surface area contributed by atoms with E-state index in [9.17, 15) is 13.2 Å². The van der Waals surface area contributed by atoms with Gasteiger partial charge < -0.3 is 0 Å². The third kappa shape index (κ3) is 2.21. The Hall–Kier alpha value is -1.32. The van der Waals surface area contributed by atoms with Crippen LogP contribution in [0.4, 0.5) is 18.9 Å². The minimum absolute atomic E-state index is 0.308. The van der Waals surface area contributed by atoms with E-state index in [-0.39, 0.29) is 0 Å². The second-order valence-electron chi connectivity index (χ2n) is 5.29. The maximum absolute atomic E-state index is 13.0. The van der Waals surface area contributed by atoms with E-state index in [1.54, 1.807) is 33.1 Å². The van der Waals surface area contributed by atoms with Crippen molar-refractivity contribution in [2.75, 3.05) is 0 Å². The molecule has 1 aromatic rings. The van der Waals surface area contributed by atoms with Gasteiger partial charge in [0.25, 0.3) is 0 Å². The lowest BCUT2D eigenvalue weighted by Crippen LogP contribution is -2.19. The number of fused-ring (bicyclic) bond motifs is 1. The van der Waals surface area contributed by atoms with Crippen molar-refractivity contribution >= 4 is 11.9 Å². The maximum Gasteiger partial charge on any atom is 0.416 e. The summed E-state index contributed by atoms with van der Waals surface area (Å²) >= 11 is 0. The summed E-state index contributed by atoms with van der Waals surface area (Å²) in [6.07, 6.45) is -2.17. The standard InChI is InChI=1S/C13H14F3N/c1-12(2,3)9-7-11-8(4-5-17-11)6-10(9)13(14,15)16/h5-7H,4H2,1-3H3. The molecule has 0 saturated heterocycles. The number of halogens is 3. The van der Waals surface area contributed by atoms with E-state index in [1.807, 2.05) is 0 Å². The van der Waals surface area contributed by atoms with Crippen LogP contribution < -0.4 is 0 Å². The molecule has 0 aromatic heterocycles. The molecule has 2 rings (SSSR count). The summed E-state index contributed by atoms with van der Waals surface area (Å²) in [6.45, 7) is 5.34. The number of alkyl halides is 3. The van der Waals surface area contributed by atoms with Gasteiger partial charge in [-0.3, -0.25) is 4.99 Å². The zero-order valence-corrected chi connectivity index (χ0v) is 10.0. The zero-order chi connectivity index (χ0) is 12.8. The van der Waals surface area contributed by atoms with Crippen LogP contribution in [-0.2, 0) is 18.0 Å². The van der Waals surface area contributed by atoms with Crippen molar-refractivity contribution in [3.05, 3.63) is 28.8 Å². The molecule has 0 unspecified atom stereocenters. The Bertz CT molecular complexity index is 479. The van der Waals surface area contributed by atoms with Crippen molar-refractivity contribution in [1.29, 1.82) is 0 Å². The van der Waals surface area contributed by atoms with Crippen LogP contribution in [-0.4, -0.2) is 6.21 Å². The fraction of sp³-hybridized carbons (Fsp3) is 0.462. The first kappa shape index (κ1) is 12.1. The molecular formula is C13H14F3N. The predicted octanol–water partition coefficient (Wildman–Crippen LogP) is 4.26. The quantitative estimate of drug-likeness (QED) is 0.643. The highest BCUT2D eigenvalue weighted by molar-refractivity contribution is 5.76. The highest BCUT2D eigenvalue weighted by atomic mass is 19.4. The normalized spacial score (nSPS) is 15.2. The van der Waals surface area contributed by atoms with Gasteiger partial charge in [0, 0.05) is 12.6 Å². The molecule has 1 aromatic carbocycles. The molecule has 0 saturated carbocycles. The Kier molecular flexibility index (Phi) is 2.56. The van der Waals surface area contributed by atoms with Gasteiger partial charge in [-0.1, -0.05) is 20.8 Å². The average molecular weight is 241 g/mol. The Balaban J connectivity index is 2.67. The van der Waals surface area contributed by atoms with Gasteiger partial charge in [0.1, 0.15) is 0 Å². The second-order valence-corrected chi connectivity index (χ2v) is 5.29. The van der Waals surface area contributed by atoms with E-state index in [0.29, 0.717) is 23.2 Å². The molecule has 0 bridgehead atoms. The number of hydrogen-bond donors (Lipinski definition) is 0. The summed E-state index contributed by atoms with van der Waals surface area (Å²) in [5.41, 5.74) is 0.558. The van der Waals surface area contributed by atoms with Gasteiger partial charge in [0.2, 0.25) is 0 Å². The van der Waals surface area contributed by atoms with Crippen molar-refractivity contribution in [2.45, 2.75) is 38.8 Å². The number of hydrogen-bond acceptors (Lipinski definition) is 1. The summed E-state index contributed by atoms with van der Waals surface area (Å²) in [4.78, 5) is 4.10. The zero-order valence-electron chi connectivity index (χ0n) is 10.0. The molecule has 1 aliphatic rings. The van der Waals surface area contributed by atoms with Gasteiger partial charge in [-0.05, 0) is 28.7 Å². The molecule has 0 atom stereocenters. The second kappa shape index (κ2) is 3.59. The molecule has 0 N–H and O–H groups in total. The third-order valence-electron chi connectivity index (χ3n) is 2.87. The average Bonchev–Trinajstić information content (AvgIpc) is 2.59. The maximum atomic E-state index is 13.0. The number of nitrogens with zero attached hydrogens (tertiary/aromatic N) is 1. The summed E-state index contributed by atoms with van der Waals surface area (Å²) in [7, 11) is 0. The van der Waals surface area contributed by atoms with E-state index in [1.165, 1.54) is 6.07 Å². The van der Waals surface area contributed by atoms with Gasteiger partial charge in [-0.2, -0.15) is 13.2 Å². The van der Waals surface area contributed by atoms with E-state index in [0.717, 1.165) is 0 Å². The highest BCUT2D eigenvalue weighted by Crippen LogP contribution is 2.41. The number of aliphatic imine (C=N–C) groups is 1. The summed E-state index contributed by atoms with van der Waals surface area (Å²) in [6, 6.07) is 2.81. The van der Waals surface area contributed by atoms with Crippen LogP contribution in [0.5, 0.6) is 0 Å². The summed E-state index contributed by atoms with van der Waals surface area (Å²) in [5, 5.41) is 0. The van der Waals surface area contributed by atoms with Crippen LogP contribution in [0.2, 0.25) is 0 Å². The molecule has 0 fully saturated rings.